The van der Waals surface area contributed by atoms with Gasteiger partial charge in [-0.15, -0.1) is 0 Å². The molecular weight excluding hydrogens is 318 g/mol. The highest BCUT2D eigenvalue weighted by Gasteiger charge is 2.20. The van der Waals surface area contributed by atoms with Crippen molar-refractivity contribution >= 4 is 17.0 Å². The topological polar surface area (TPSA) is 76.0 Å². The van der Waals surface area contributed by atoms with Crippen molar-refractivity contribution in [1.29, 1.82) is 0 Å². The zero-order chi connectivity index (χ0) is 18.0. The predicted molar refractivity (Wildman–Crippen MR) is 98.4 cm³/mol. The maximum Gasteiger partial charge on any atom is 0.263 e. The second-order valence-corrected chi connectivity index (χ2v) is 6.94. The number of ether oxygens (including phenoxy) is 1. The van der Waals surface area contributed by atoms with Crippen LogP contribution in [0.15, 0.2) is 41.3 Å². The maximum absolute atomic E-state index is 12.3. The van der Waals surface area contributed by atoms with Gasteiger partial charge in [-0.3, -0.25) is 9.78 Å². The van der Waals surface area contributed by atoms with Crippen molar-refractivity contribution in [2.75, 3.05) is 25.1 Å². The number of H-pyrrole nitrogens is 1. The lowest BCUT2D eigenvalue weighted by Gasteiger charge is -2.21. The number of fused-ring (bicyclic) bond motifs is 1. The first-order valence-corrected chi connectivity index (χ1v) is 8.24. The van der Waals surface area contributed by atoms with Gasteiger partial charge < -0.3 is 9.64 Å². The number of para-hydroxylation sites is 1. The van der Waals surface area contributed by atoms with E-state index in [9.17, 15) is 4.79 Å². The first-order chi connectivity index (χ1) is 11.9. The maximum atomic E-state index is 12.3. The van der Waals surface area contributed by atoms with Crippen molar-refractivity contribution in [1.82, 2.24) is 19.7 Å². The Morgan fingerprint density at radius 1 is 1.24 bits per heavy atom. The van der Waals surface area contributed by atoms with Gasteiger partial charge in [-0.2, -0.15) is 10.1 Å². The SMILES string of the molecule is CN(CCOc1ccccc1)c1nc2c(cnn2C(C)(C)C)c(=O)[nH]1. The van der Waals surface area contributed by atoms with E-state index in [2.05, 4.69) is 15.1 Å². The van der Waals surface area contributed by atoms with Gasteiger partial charge in [0.2, 0.25) is 5.95 Å². The minimum absolute atomic E-state index is 0.189. The molecule has 0 aliphatic carbocycles. The quantitative estimate of drug-likeness (QED) is 0.771. The molecule has 0 aliphatic heterocycles. The summed E-state index contributed by atoms with van der Waals surface area (Å²) in [7, 11) is 1.87. The average Bonchev–Trinajstić information content (AvgIpc) is 3.00. The zero-order valence-electron chi connectivity index (χ0n) is 15.0. The Labute approximate surface area is 146 Å². The Morgan fingerprint density at radius 2 is 1.96 bits per heavy atom. The summed E-state index contributed by atoms with van der Waals surface area (Å²) < 4.78 is 7.47. The van der Waals surface area contributed by atoms with Gasteiger partial charge in [0.05, 0.1) is 18.3 Å². The molecule has 132 valence electrons. The first kappa shape index (κ1) is 17.0. The molecule has 7 heteroatoms. The molecular formula is C18H23N5O2. The molecule has 2 heterocycles. The van der Waals surface area contributed by atoms with Crippen LogP contribution in [0.2, 0.25) is 0 Å². The van der Waals surface area contributed by atoms with E-state index in [4.69, 9.17) is 4.74 Å². The molecule has 0 radical (unpaired) electrons. The number of nitrogens with zero attached hydrogens (tertiary/aromatic N) is 4. The molecule has 3 rings (SSSR count). The summed E-state index contributed by atoms with van der Waals surface area (Å²) in [6.07, 6.45) is 1.56. The highest BCUT2D eigenvalue weighted by molar-refractivity contribution is 5.74. The van der Waals surface area contributed by atoms with E-state index in [0.29, 0.717) is 30.1 Å². The standard InChI is InChI=1S/C18H23N5O2/c1-18(2,3)23-15-14(12-19-23)16(24)21-17(20-15)22(4)10-11-25-13-8-6-5-7-9-13/h5-9,12H,10-11H2,1-4H3,(H,20,21,24). The fourth-order valence-electron chi connectivity index (χ4n) is 2.50. The predicted octanol–water partition coefficient (Wildman–Crippen LogP) is 2.39. The molecule has 0 bridgehead atoms. The number of benzene rings is 1. The summed E-state index contributed by atoms with van der Waals surface area (Å²) >= 11 is 0. The molecule has 7 nitrogen and oxygen atoms in total. The van der Waals surface area contributed by atoms with Crippen molar-refractivity contribution in [3.05, 3.63) is 46.9 Å². The molecule has 1 aromatic carbocycles. The van der Waals surface area contributed by atoms with Crippen LogP contribution in [0.25, 0.3) is 11.0 Å². The van der Waals surface area contributed by atoms with E-state index >= 15 is 0 Å². The summed E-state index contributed by atoms with van der Waals surface area (Å²) in [4.78, 5) is 21.6. The van der Waals surface area contributed by atoms with Crippen LogP contribution in [-0.2, 0) is 5.54 Å². The molecule has 0 amide bonds. The molecule has 0 aliphatic rings. The molecule has 0 unspecified atom stereocenters. The molecule has 0 atom stereocenters. The fourth-order valence-corrected chi connectivity index (χ4v) is 2.50. The lowest BCUT2D eigenvalue weighted by atomic mass is 10.1. The lowest BCUT2D eigenvalue weighted by molar-refractivity contribution is 0.325. The molecule has 0 fully saturated rings. The monoisotopic (exact) mass is 341 g/mol. The highest BCUT2D eigenvalue weighted by atomic mass is 16.5. The zero-order valence-corrected chi connectivity index (χ0v) is 15.0. The van der Waals surface area contributed by atoms with Crippen molar-refractivity contribution in [3.8, 4) is 5.75 Å². The van der Waals surface area contributed by atoms with Crippen LogP contribution in [0.4, 0.5) is 5.95 Å². The Morgan fingerprint density at radius 3 is 2.64 bits per heavy atom. The molecule has 3 aromatic rings. The Bertz CT molecular complexity index is 909. The number of rotatable bonds is 5. The van der Waals surface area contributed by atoms with Gasteiger partial charge in [-0.1, -0.05) is 18.2 Å². The van der Waals surface area contributed by atoms with Gasteiger partial charge in [0.15, 0.2) is 5.65 Å². The fraction of sp³-hybridized carbons (Fsp3) is 0.389. The summed E-state index contributed by atoms with van der Waals surface area (Å²) in [5.74, 6) is 1.32. The summed E-state index contributed by atoms with van der Waals surface area (Å²) in [5, 5.41) is 4.81. The van der Waals surface area contributed by atoms with E-state index in [1.165, 1.54) is 0 Å². The van der Waals surface area contributed by atoms with Crippen LogP contribution < -0.4 is 15.2 Å². The number of nitrogens with one attached hydrogen (secondary N) is 1. The molecule has 2 aromatic heterocycles. The minimum Gasteiger partial charge on any atom is -0.492 e. The van der Waals surface area contributed by atoms with E-state index in [1.807, 2.05) is 63.1 Å². The van der Waals surface area contributed by atoms with Gasteiger partial charge >= 0.3 is 0 Å². The van der Waals surface area contributed by atoms with E-state index in [-0.39, 0.29) is 11.1 Å². The Kier molecular flexibility index (Phi) is 4.48. The van der Waals surface area contributed by atoms with E-state index in [0.717, 1.165) is 5.75 Å². The molecule has 0 saturated heterocycles. The first-order valence-electron chi connectivity index (χ1n) is 8.24. The minimum atomic E-state index is -0.255. The third-order valence-electron chi connectivity index (χ3n) is 3.86. The normalized spacial score (nSPS) is 11.7. The number of hydrogen-bond donors (Lipinski definition) is 1. The number of hydrogen-bond acceptors (Lipinski definition) is 5. The molecule has 1 N–H and O–H groups in total. The Hall–Kier alpha value is -2.83. The number of likely N-dealkylation sites (N-methyl/N-ethyl adjacent to an activating group) is 1. The number of anilines is 1. The van der Waals surface area contributed by atoms with E-state index in [1.54, 1.807) is 10.9 Å². The highest BCUT2D eigenvalue weighted by Crippen LogP contribution is 2.19. The smallest absolute Gasteiger partial charge is 0.263 e. The van der Waals surface area contributed by atoms with Gasteiger partial charge in [0.25, 0.3) is 5.56 Å². The number of aromatic amines is 1. The average molecular weight is 341 g/mol. The van der Waals surface area contributed by atoms with Gasteiger partial charge in [-0.05, 0) is 32.9 Å². The van der Waals surface area contributed by atoms with Crippen LogP contribution in [0, 0.1) is 0 Å². The van der Waals surface area contributed by atoms with Crippen LogP contribution in [0.5, 0.6) is 5.75 Å². The van der Waals surface area contributed by atoms with E-state index < -0.39 is 0 Å². The van der Waals surface area contributed by atoms with Gasteiger partial charge in [0.1, 0.15) is 17.7 Å². The van der Waals surface area contributed by atoms with Crippen molar-refractivity contribution in [2.45, 2.75) is 26.3 Å². The van der Waals surface area contributed by atoms with Crippen LogP contribution in [0.1, 0.15) is 20.8 Å². The van der Waals surface area contributed by atoms with Crippen molar-refractivity contribution < 1.29 is 4.74 Å². The second kappa shape index (κ2) is 6.58. The van der Waals surface area contributed by atoms with Crippen LogP contribution >= 0.6 is 0 Å². The van der Waals surface area contributed by atoms with Gasteiger partial charge in [-0.25, -0.2) is 4.68 Å². The summed E-state index contributed by atoms with van der Waals surface area (Å²) in [6, 6.07) is 9.63. The van der Waals surface area contributed by atoms with Crippen LogP contribution in [0.3, 0.4) is 0 Å². The van der Waals surface area contributed by atoms with Crippen molar-refractivity contribution in [2.24, 2.45) is 0 Å². The Balaban J connectivity index is 1.79. The third kappa shape index (κ3) is 3.65. The van der Waals surface area contributed by atoms with Crippen LogP contribution in [-0.4, -0.2) is 39.9 Å². The largest absolute Gasteiger partial charge is 0.492 e. The summed E-state index contributed by atoms with van der Waals surface area (Å²) in [6.45, 7) is 7.16. The van der Waals surface area contributed by atoms with Crippen molar-refractivity contribution in [3.63, 3.8) is 0 Å². The molecule has 0 saturated carbocycles. The third-order valence-corrected chi connectivity index (χ3v) is 3.86. The number of aromatic nitrogens is 4. The molecule has 0 spiro atoms. The molecule has 25 heavy (non-hydrogen) atoms. The summed E-state index contributed by atoms with van der Waals surface area (Å²) in [5.41, 5.74) is 0.142. The van der Waals surface area contributed by atoms with Gasteiger partial charge in [0, 0.05) is 7.05 Å². The second-order valence-electron chi connectivity index (χ2n) is 6.94. The lowest BCUT2D eigenvalue weighted by Crippen LogP contribution is -2.29.